The average molecular weight is 229 g/mol. The maximum atomic E-state index is 13.0. The summed E-state index contributed by atoms with van der Waals surface area (Å²) < 4.78 is 26.0. The predicted molar refractivity (Wildman–Crippen MR) is 59.4 cm³/mol. The Balaban J connectivity index is 2.56. The molecule has 4 heteroatoms. The zero-order valence-electron chi connectivity index (χ0n) is 9.37. The van der Waals surface area contributed by atoms with E-state index in [9.17, 15) is 8.78 Å². The van der Waals surface area contributed by atoms with Crippen molar-refractivity contribution in [1.29, 1.82) is 0 Å². The van der Waals surface area contributed by atoms with Crippen LogP contribution in [-0.4, -0.2) is 35.6 Å². The number of hydrogen-bond donors (Lipinski definition) is 1. The molecule has 0 atom stereocenters. The SMILES string of the molecule is CCN(Cc1ccccc1)CC(F)(F)CO. The molecule has 0 heterocycles. The van der Waals surface area contributed by atoms with Crippen LogP contribution >= 0.6 is 0 Å². The molecule has 0 saturated carbocycles. The highest BCUT2D eigenvalue weighted by Crippen LogP contribution is 2.15. The number of halogens is 2. The Kier molecular flexibility index (Phi) is 4.83. The monoisotopic (exact) mass is 229 g/mol. The number of benzene rings is 1. The van der Waals surface area contributed by atoms with Crippen LogP contribution in [0, 0.1) is 0 Å². The van der Waals surface area contributed by atoms with Crippen molar-refractivity contribution >= 4 is 0 Å². The first kappa shape index (κ1) is 13.1. The molecule has 2 nitrogen and oxygen atoms in total. The van der Waals surface area contributed by atoms with E-state index in [1.165, 1.54) is 0 Å². The molecule has 0 unspecified atom stereocenters. The number of nitrogens with zero attached hydrogens (tertiary/aromatic N) is 1. The van der Waals surface area contributed by atoms with Crippen molar-refractivity contribution in [2.24, 2.45) is 0 Å². The first-order valence-corrected chi connectivity index (χ1v) is 5.32. The minimum Gasteiger partial charge on any atom is -0.390 e. The van der Waals surface area contributed by atoms with Gasteiger partial charge in [-0.3, -0.25) is 4.90 Å². The molecule has 0 aromatic heterocycles. The molecule has 1 rings (SSSR count). The highest BCUT2D eigenvalue weighted by Gasteiger charge is 2.30. The summed E-state index contributed by atoms with van der Waals surface area (Å²) in [5, 5.41) is 8.53. The van der Waals surface area contributed by atoms with Crippen molar-refractivity contribution in [3.8, 4) is 0 Å². The van der Waals surface area contributed by atoms with Gasteiger partial charge in [0.05, 0.1) is 6.54 Å². The Bertz CT molecular complexity index is 303. The van der Waals surface area contributed by atoms with Gasteiger partial charge in [0, 0.05) is 6.54 Å². The summed E-state index contributed by atoms with van der Waals surface area (Å²) in [5.74, 6) is -3.02. The summed E-state index contributed by atoms with van der Waals surface area (Å²) in [6.07, 6.45) is 0. The van der Waals surface area contributed by atoms with E-state index in [2.05, 4.69) is 0 Å². The maximum absolute atomic E-state index is 13.0. The van der Waals surface area contributed by atoms with Crippen molar-refractivity contribution in [3.63, 3.8) is 0 Å². The quantitative estimate of drug-likeness (QED) is 0.807. The third-order valence-corrected chi connectivity index (χ3v) is 2.38. The molecule has 0 spiro atoms. The van der Waals surface area contributed by atoms with Crippen LogP contribution in [0.15, 0.2) is 30.3 Å². The van der Waals surface area contributed by atoms with Crippen LogP contribution in [0.3, 0.4) is 0 Å². The zero-order valence-corrected chi connectivity index (χ0v) is 9.37. The van der Waals surface area contributed by atoms with Gasteiger partial charge in [-0.1, -0.05) is 37.3 Å². The lowest BCUT2D eigenvalue weighted by molar-refractivity contribution is -0.0734. The number of rotatable bonds is 6. The van der Waals surface area contributed by atoms with E-state index in [1.807, 2.05) is 37.3 Å². The number of aliphatic hydroxyl groups excluding tert-OH is 1. The molecule has 0 saturated heterocycles. The van der Waals surface area contributed by atoms with Crippen LogP contribution in [0.4, 0.5) is 8.78 Å². The topological polar surface area (TPSA) is 23.5 Å². The average Bonchev–Trinajstić information content (AvgIpc) is 2.29. The van der Waals surface area contributed by atoms with Crippen molar-refractivity contribution in [1.82, 2.24) is 4.90 Å². The van der Waals surface area contributed by atoms with E-state index in [0.717, 1.165) is 5.56 Å². The standard InChI is InChI=1S/C12H17F2NO/c1-2-15(9-12(13,14)10-16)8-11-6-4-3-5-7-11/h3-7,16H,2,8-10H2,1H3. The second kappa shape index (κ2) is 5.92. The second-order valence-corrected chi connectivity index (χ2v) is 3.80. The van der Waals surface area contributed by atoms with Crippen LogP contribution in [0.5, 0.6) is 0 Å². The molecular formula is C12H17F2NO. The van der Waals surface area contributed by atoms with E-state index in [0.29, 0.717) is 13.1 Å². The number of hydrogen-bond acceptors (Lipinski definition) is 2. The molecular weight excluding hydrogens is 212 g/mol. The van der Waals surface area contributed by atoms with E-state index in [-0.39, 0.29) is 0 Å². The van der Waals surface area contributed by atoms with Crippen molar-refractivity contribution in [2.75, 3.05) is 19.7 Å². The fourth-order valence-corrected chi connectivity index (χ4v) is 1.50. The Morgan fingerprint density at radius 3 is 2.38 bits per heavy atom. The molecule has 1 aromatic rings. The minimum absolute atomic E-state index is 0.408. The van der Waals surface area contributed by atoms with E-state index in [4.69, 9.17) is 5.11 Å². The third-order valence-electron chi connectivity index (χ3n) is 2.38. The molecule has 0 radical (unpaired) electrons. The Hall–Kier alpha value is -1.00. The van der Waals surface area contributed by atoms with E-state index >= 15 is 0 Å². The van der Waals surface area contributed by atoms with Crippen molar-refractivity contribution in [2.45, 2.75) is 19.4 Å². The van der Waals surface area contributed by atoms with E-state index in [1.54, 1.807) is 4.90 Å². The first-order chi connectivity index (χ1) is 7.57. The van der Waals surface area contributed by atoms with Crippen LogP contribution in [0.2, 0.25) is 0 Å². The third kappa shape index (κ3) is 4.24. The molecule has 0 bridgehead atoms. The molecule has 0 aliphatic rings. The molecule has 0 aliphatic carbocycles. The lowest BCUT2D eigenvalue weighted by Gasteiger charge is -2.25. The van der Waals surface area contributed by atoms with Gasteiger partial charge >= 0.3 is 0 Å². The van der Waals surface area contributed by atoms with Crippen LogP contribution in [-0.2, 0) is 6.54 Å². The van der Waals surface area contributed by atoms with Crippen LogP contribution in [0.1, 0.15) is 12.5 Å². The van der Waals surface area contributed by atoms with Crippen LogP contribution < -0.4 is 0 Å². The highest BCUT2D eigenvalue weighted by molar-refractivity contribution is 5.14. The van der Waals surface area contributed by atoms with Crippen LogP contribution in [0.25, 0.3) is 0 Å². The Labute approximate surface area is 94.5 Å². The summed E-state index contributed by atoms with van der Waals surface area (Å²) >= 11 is 0. The first-order valence-electron chi connectivity index (χ1n) is 5.32. The fraction of sp³-hybridized carbons (Fsp3) is 0.500. The molecule has 1 aromatic carbocycles. The van der Waals surface area contributed by atoms with Gasteiger partial charge in [0.1, 0.15) is 6.61 Å². The summed E-state index contributed by atoms with van der Waals surface area (Å²) in [4.78, 5) is 1.62. The van der Waals surface area contributed by atoms with Gasteiger partial charge < -0.3 is 5.11 Å². The lowest BCUT2D eigenvalue weighted by Crippen LogP contribution is -2.38. The number of aliphatic hydroxyl groups is 1. The molecule has 0 amide bonds. The van der Waals surface area contributed by atoms with E-state index < -0.39 is 19.1 Å². The summed E-state index contributed by atoms with van der Waals surface area (Å²) in [5.41, 5.74) is 0.998. The van der Waals surface area contributed by atoms with Gasteiger partial charge in [-0.15, -0.1) is 0 Å². The fourth-order valence-electron chi connectivity index (χ4n) is 1.50. The second-order valence-electron chi connectivity index (χ2n) is 3.80. The highest BCUT2D eigenvalue weighted by atomic mass is 19.3. The van der Waals surface area contributed by atoms with Gasteiger partial charge in [-0.25, -0.2) is 8.78 Å². The molecule has 0 fully saturated rings. The van der Waals surface area contributed by atoms with Gasteiger partial charge in [0.25, 0.3) is 5.92 Å². The maximum Gasteiger partial charge on any atom is 0.283 e. The molecule has 90 valence electrons. The van der Waals surface area contributed by atoms with Crippen molar-refractivity contribution in [3.05, 3.63) is 35.9 Å². The Morgan fingerprint density at radius 1 is 1.25 bits per heavy atom. The minimum atomic E-state index is -3.02. The summed E-state index contributed by atoms with van der Waals surface area (Å²) in [6.45, 7) is 1.33. The molecule has 0 aliphatic heterocycles. The van der Waals surface area contributed by atoms with Crippen molar-refractivity contribution < 1.29 is 13.9 Å². The zero-order chi connectivity index (χ0) is 12.0. The number of alkyl halides is 2. The normalized spacial score (nSPS) is 12.1. The molecule has 1 N–H and O–H groups in total. The van der Waals surface area contributed by atoms with Gasteiger partial charge in [0.2, 0.25) is 0 Å². The lowest BCUT2D eigenvalue weighted by atomic mass is 10.2. The molecule has 16 heavy (non-hydrogen) atoms. The van der Waals surface area contributed by atoms with Gasteiger partial charge in [0.15, 0.2) is 0 Å². The predicted octanol–water partition coefficient (Wildman–Crippen LogP) is 2.14. The largest absolute Gasteiger partial charge is 0.390 e. The summed E-state index contributed by atoms with van der Waals surface area (Å²) in [6, 6.07) is 9.46. The van der Waals surface area contributed by atoms with Gasteiger partial charge in [-0.2, -0.15) is 0 Å². The smallest absolute Gasteiger partial charge is 0.283 e. The summed E-state index contributed by atoms with van der Waals surface area (Å²) in [7, 11) is 0. The van der Waals surface area contributed by atoms with Gasteiger partial charge in [-0.05, 0) is 12.1 Å². The Morgan fingerprint density at radius 2 is 1.88 bits per heavy atom.